The quantitative estimate of drug-likeness (QED) is 0.231. The van der Waals surface area contributed by atoms with Gasteiger partial charge in [0.2, 0.25) is 0 Å². The molecule has 0 saturated carbocycles. The molecule has 2 heterocycles. The van der Waals surface area contributed by atoms with Crippen LogP contribution in [0.1, 0.15) is 86.1 Å². The Morgan fingerprint density at radius 1 is 0.711 bits per heavy atom. The minimum Gasteiger partial charge on any atom is -0.379 e. The maximum Gasteiger partial charge on any atom is 0.184 e. The van der Waals surface area contributed by atoms with Crippen molar-refractivity contribution >= 4 is 0 Å². The lowest BCUT2D eigenvalue weighted by atomic mass is 9.82. The largest absolute Gasteiger partial charge is 0.379 e. The third kappa shape index (κ3) is 8.49. The first-order valence-electron chi connectivity index (χ1n) is 15.2. The van der Waals surface area contributed by atoms with Crippen LogP contribution in [0.3, 0.4) is 0 Å². The summed E-state index contributed by atoms with van der Waals surface area (Å²) in [4.78, 5) is 0. The van der Waals surface area contributed by atoms with Crippen LogP contribution in [0.5, 0.6) is 0 Å². The van der Waals surface area contributed by atoms with E-state index in [4.69, 9.17) is 28.4 Å². The molecule has 6 nitrogen and oxygen atoms in total. The molecule has 1 aromatic rings. The molecule has 218 valence electrons. The van der Waals surface area contributed by atoms with Crippen molar-refractivity contribution in [1.82, 2.24) is 0 Å². The van der Waals surface area contributed by atoms with Gasteiger partial charge in [-0.05, 0) is 43.6 Å². The topological polar surface area (TPSA) is 55.4 Å². The normalized spacial score (nSPS) is 35.9. The van der Waals surface area contributed by atoms with E-state index in [-0.39, 0.29) is 48.5 Å². The standard InChI is InChI=1S/C32H54O6/c1-8-11-18-33-21-28-31(29(34-19-12-9-2)24(6)25(7)36-28)38-32-30(23(5)22(4)27(10-3)37-32)35-20-26-16-14-13-15-17-26/h13-17,22-25,27-32H,8-12,18-21H2,1-7H3/t22-,23-,24?,25+,27?,28?,29+,30?,31+,32-/m0/s1. The van der Waals surface area contributed by atoms with E-state index < -0.39 is 6.29 Å². The highest BCUT2D eigenvalue weighted by atomic mass is 16.7. The molecule has 0 spiro atoms. The fourth-order valence-corrected chi connectivity index (χ4v) is 5.60. The van der Waals surface area contributed by atoms with E-state index in [1.807, 2.05) is 18.2 Å². The van der Waals surface area contributed by atoms with E-state index in [2.05, 4.69) is 60.6 Å². The highest BCUT2D eigenvalue weighted by molar-refractivity contribution is 5.13. The Morgan fingerprint density at radius 2 is 1.42 bits per heavy atom. The highest BCUT2D eigenvalue weighted by Gasteiger charge is 2.49. The minimum atomic E-state index is -0.500. The Kier molecular flexibility index (Phi) is 13.5. The van der Waals surface area contributed by atoms with Crippen LogP contribution in [0.2, 0.25) is 0 Å². The molecule has 0 amide bonds. The first-order valence-corrected chi connectivity index (χ1v) is 15.2. The lowest BCUT2D eigenvalue weighted by Gasteiger charge is -2.49. The molecule has 4 unspecified atom stereocenters. The third-order valence-corrected chi connectivity index (χ3v) is 8.56. The number of unbranched alkanes of at least 4 members (excludes halogenated alkanes) is 2. The van der Waals surface area contributed by atoms with E-state index in [0.717, 1.165) is 44.3 Å². The van der Waals surface area contributed by atoms with Gasteiger partial charge in [0.05, 0.1) is 31.5 Å². The smallest absolute Gasteiger partial charge is 0.184 e. The van der Waals surface area contributed by atoms with Gasteiger partial charge in [0.15, 0.2) is 6.29 Å². The fourth-order valence-electron chi connectivity index (χ4n) is 5.60. The molecule has 0 N–H and O–H groups in total. The second-order valence-corrected chi connectivity index (χ2v) is 11.4. The van der Waals surface area contributed by atoms with E-state index in [1.165, 1.54) is 0 Å². The van der Waals surface area contributed by atoms with E-state index >= 15 is 0 Å². The van der Waals surface area contributed by atoms with Gasteiger partial charge >= 0.3 is 0 Å². The second kappa shape index (κ2) is 16.3. The van der Waals surface area contributed by atoms with E-state index in [1.54, 1.807) is 0 Å². The van der Waals surface area contributed by atoms with Crippen molar-refractivity contribution in [3.8, 4) is 0 Å². The van der Waals surface area contributed by atoms with Crippen LogP contribution in [0.4, 0.5) is 0 Å². The summed E-state index contributed by atoms with van der Waals surface area (Å²) in [6.07, 6.45) is 4.05. The lowest BCUT2D eigenvalue weighted by molar-refractivity contribution is -0.332. The Hall–Kier alpha value is -1.02. The van der Waals surface area contributed by atoms with Gasteiger partial charge in [-0.25, -0.2) is 0 Å². The number of benzene rings is 1. The van der Waals surface area contributed by atoms with Crippen molar-refractivity contribution in [2.45, 2.75) is 130 Å². The summed E-state index contributed by atoms with van der Waals surface area (Å²) >= 11 is 0. The highest BCUT2D eigenvalue weighted by Crippen LogP contribution is 2.38. The molecule has 2 saturated heterocycles. The third-order valence-electron chi connectivity index (χ3n) is 8.56. The van der Waals surface area contributed by atoms with Gasteiger partial charge in [0, 0.05) is 19.1 Å². The summed E-state index contributed by atoms with van der Waals surface area (Å²) in [6.45, 7) is 17.9. The van der Waals surface area contributed by atoms with Crippen molar-refractivity contribution in [3.05, 3.63) is 35.9 Å². The number of hydrogen-bond acceptors (Lipinski definition) is 6. The van der Waals surface area contributed by atoms with E-state index in [0.29, 0.717) is 25.7 Å². The minimum absolute atomic E-state index is 0.0565. The summed E-state index contributed by atoms with van der Waals surface area (Å²) in [5.41, 5.74) is 1.15. The van der Waals surface area contributed by atoms with Gasteiger partial charge in [-0.2, -0.15) is 0 Å². The van der Waals surface area contributed by atoms with Gasteiger partial charge in [-0.1, -0.05) is 84.7 Å². The first-order chi connectivity index (χ1) is 18.4. The van der Waals surface area contributed by atoms with Crippen LogP contribution in [0.25, 0.3) is 0 Å². The zero-order chi connectivity index (χ0) is 27.5. The molecule has 0 aliphatic carbocycles. The predicted octanol–water partition coefficient (Wildman–Crippen LogP) is 6.79. The predicted molar refractivity (Wildman–Crippen MR) is 151 cm³/mol. The Labute approximate surface area is 232 Å². The van der Waals surface area contributed by atoms with Crippen molar-refractivity contribution in [2.75, 3.05) is 19.8 Å². The molecule has 3 rings (SSSR count). The summed E-state index contributed by atoms with van der Waals surface area (Å²) in [5, 5.41) is 0. The van der Waals surface area contributed by atoms with Crippen molar-refractivity contribution < 1.29 is 28.4 Å². The number of rotatable bonds is 15. The van der Waals surface area contributed by atoms with E-state index in [9.17, 15) is 0 Å². The van der Waals surface area contributed by atoms with Crippen LogP contribution < -0.4 is 0 Å². The van der Waals surface area contributed by atoms with Crippen LogP contribution >= 0.6 is 0 Å². The molecule has 2 aliphatic heterocycles. The molecule has 0 bridgehead atoms. The lowest BCUT2D eigenvalue weighted by Crippen LogP contribution is -2.60. The van der Waals surface area contributed by atoms with Crippen molar-refractivity contribution in [1.29, 1.82) is 0 Å². The molecule has 0 radical (unpaired) electrons. The summed E-state index contributed by atoms with van der Waals surface area (Å²) in [5.74, 6) is 0.836. The van der Waals surface area contributed by atoms with Crippen molar-refractivity contribution in [2.24, 2.45) is 17.8 Å². The van der Waals surface area contributed by atoms with Gasteiger partial charge in [0.1, 0.15) is 18.3 Å². The molecule has 0 aromatic heterocycles. The maximum atomic E-state index is 6.94. The molecule has 1 aromatic carbocycles. The second-order valence-electron chi connectivity index (χ2n) is 11.4. The zero-order valence-corrected chi connectivity index (χ0v) is 25.0. The van der Waals surface area contributed by atoms with Gasteiger partial charge in [-0.3, -0.25) is 0 Å². The Bertz CT molecular complexity index is 760. The Morgan fingerprint density at radius 3 is 2.11 bits per heavy atom. The summed E-state index contributed by atoms with van der Waals surface area (Å²) < 4.78 is 39.3. The van der Waals surface area contributed by atoms with Gasteiger partial charge in [0.25, 0.3) is 0 Å². The first kappa shape index (κ1) is 31.5. The molecule has 2 aliphatic rings. The molecule has 2 fully saturated rings. The maximum absolute atomic E-state index is 6.94. The van der Waals surface area contributed by atoms with Crippen LogP contribution in [-0.4, -0.2) is 62.7 Å². The fraction of sp³-hybridized carbons (Fsp3) is 0.812. The summed E-state index contributed by atoms with van der Waals surface area (Å²) in [6, 6.07) is 10.3. The van der Waals surface area contributed by atoms with Gasteiger partial charge < -0.3 is 28.4 Å². The molecule has 10 atom stereocenters. The zero-order valence-electron chi connectivity index (χ0n) is 25.0. The average Bonchev–Trinajstić information content (AvgIpc) is 2.92. The molecular formula is C32H54O6. The van der Waals surface area contributed by atoms with Gasteiger partial charge in [-0.15, -0.1) is 0 Å². The Balaban J connectivity index is 1.83. The molecular weight excluding hydrogens is 480 g/mol. The number of hydrogen-bond donors (Lipinski definition) is 0. The molecule has 38 heavy (non-hydrogen) atoms. The monoisotopic (exact) mass is 534 g/mol. The average molecular weight is 535 g/mol. The van der Waals surface area contributed by atoms with Crippen LogP contribution in [0.15, 0.2) is 30.3 Å². The van der Waals surface area contributed by atoms with Crippen LogP contribution in [-0.2, 0) is 35.0 Å². The summed E-state index contributed by atoms with van der Waals surface area (Å²) in [7, 11) is 0. The molecule has 6 heteroatoms. The number of ether oxygens (including phenoxy) is 6. The van der Waals surface area contributed by atoms with Crippen LogP contribution in [0, 0.1) is 17.8 Å². The van der Waals surface area contributed by atoms with Crippen molar-refractivity contribution in [3.63, 3.8) is 0 Å². The SMILES string of the molecule is CCCCOCC1O[C@H](C)C(C)[C@@H](OCCCC)[C@@H]1O[C@@H]1OC(CC)[C@@H](C)[C@H](C)C1OCc1ccccc1.